The molecule has 1 saturated heterocycles. The first kappa shape index (κ1) is 21.2. The van der Waals surface area contributed by atoms with Gasteiger partial charge in [0.15, 0.2) is 5.13 Å². The van der Waals surface area contributed by atoms with E-state index in [4.69, 9.17) is 9.72 Å². The standard InChI is InChI=1S/C25H22N4O3S/c30-23(21-8-3-4-14-26-21)27-18-12-10-17(11-13-18)24(31)29(16-19-6-5-15-32-19)25-28-20-7-1-2-9-22(20)33-25/h1-4,7-14,19H,5-6,15-16H2,(H,27,30). The molecule has 8 heteroatoms. The molecule has 2 amide bonds. The lowest BCUT2D eigenvalue weighted by molar-refractivity contribution is 0.0917. The van der Waals surface area contributed by atoms with Crippen molar-refractivity contribution in [3.05, 3.63) is 84.2 Å². The molecule has 7 nitrogen and oxygen atoms in total. The van der Waals surface area contributed by atoms with Gasteiger partial charge in [0, 0.05) is 24.1 Å². The zero-order valence-electron chi connectivity index (χ0n) is 17.8. The summed E-state index contributed by atoms with van der Waals surface area (Å²) in [5, 5.41) is 3.46. The van der Waals surface area contributed by atoms with Gasteiger partial charge in [0.1, 0.15) is 5.69 Å². The minimum atomic E-state index is -0.302. The van der Waals surface area contributed by atoms with Crippen molar-refractivity contribution in [3.63, 3.8) is 0 Å². The van der Waals surface area contributed by atoms with E-state index in [1.807, 2.05) is 24.3 Å². The van der Waals surface area contributed by atoms with Crippen LogP contribution in [0.15, 0.2) is 72.9 Å². The maximum absolute atomic E-state index is 13.5. The van der Waals surface area contributed by atoms with E-state index in [1.54, 1.807) is 53.6 Å². The summed E-state index contributed by atoms with van der Waals surface area (Å²) in [5.74, 6) is -0.448. The van der Waals surface area contributed by atoms with Crippen LogP contribution in [0.2, 0.25) is 0 Å². The molecule has 1 unspecified atom stereocenters. The fourth-order valence-electron chi connectivity index (χ4n) is 3.76. The van der Waals surface area contributed by atoms with Crippen LogP contribution in [-0.4, -0.2) is 41.0 Å². The molecule has 1 aliphatic rings. The number of hydrogen-bond donors (Lipinski definition) is 1. The first-order chi connectivity index (χ1) is 16.2. The highest BCUT2D eigenvalue weighted by Gasteiger charge is 2.27. The highest BCUT2D eigenvalue weighted by molar-refractivity contribution is 7.22. The minimum Gasteiger partial charge on any atom is -0.376 e. The minimum absolute atomic E-state index is 0.00195. The van der Waals surface area contributed by atoms with E-state index in [0.29, 0.717) is 28.6 Å². The third-order valence-electron chi connectivity index (χ3n) is 5.46. The number of carbonyl (C=O) groups is 2. The van der Waals surface area contributed by atoms with Crippen molar-refractivity contribution in [1.82, 2.24) is 9.97 Å². The SMILES string of the molecule is O=C(Nc1ccc(C(=O)N(CC2CCCO2)c2nc3ccccc3s2)cc1)c1ccccn1. The quantitative estimate of drug-likeness (QED) is 0.450. The molecule has 1 fully saturated rings. The smallest absolute Gasteiger partial charge is 0.274 e. The van der Waals surface area contributed by atoms with Gasteiger partial charge in [0.25, 0.3) is 11.8 Å². The van der Waals surface area contributed by atoms with Crippen molar-refractivity contribution >= 4 is 44.2 Å². The van der Waals surface area contributed by atoms with Gasteiger partial charge in [-0.2, -0.15) is 0 Å². The van der Waals surface area contributed by atoms with Crippen LogP contribution >= 0.6 is 11.3 Å². The summed E-state index contributed by atoms with van der Waals surface area (Å²) < 4.78 is 6.83. The van der Waals surface area contributed by atoms with Crippen LogP contribution in [-0.2, 0) is 4.74 Å². The van der Waals surface area contributed by atoms with E-state index < -0.39 is 0 Å². The predicted molar refractivity (Wildman–Crippen MR) is 129 cm³/mol. The van der Waals surface area contributed by atoms with Crippen LogP contribution in [0.5, 0.6) is 0 Å². The number of anilines is 2. The van der Waals surface area contributed by atoms with Gasteiger partial charge in [-0.25, -0.2) is 4.98 Å². The van der Waals surface area contributed by atoms with Crippen LogP contribution in [0.4, 0.5) is 10.8 Å². The summed E-state index contributed by atoms with van der Waals surface area (Å²) in [6, 6.07) is 19.9. The van der Waals surface area contributed by atoms with Gasteiger partial charge in [0.05, 0.1) is 22.9 Å². The first-order valence-corrected chi connectivity index (χ1v) is 11.6. The Morgan fingerprint density at radius 2 is 1.88 bits per heavy atom. The molecule has 0 radical (unpaired) electrons. The zero-order chi connectivity index (χ0) is 22.6. The molecule has 0 saturated carbocycles. The molecule has 4 aromatic rings. The number of nitrogens with zero attached hydrogens (tertiary/aromatic N) is 3. The summed E-state index contributed by atoms with van der Waals surface area (Å²) in [6.07, 6.45) is 3.49. The van der Waals surface area contributed by atoms with Gasteiger partial charge >= 0.3 is 0 Å². The van der Waals surface area contributed by atoms with E-state index in [9.17, 15) is 9.59 Å². The second-order valence-corrected chi connectivity index (χ2v) is 8.77. The van der Waals surface area contributed by atoms with Gasteiger partial charge in [-0.15, -0.1) is 0 Å². The highest BCUT2D eigenvalue weighted by atomic mass is 32.1. The maximum Gasteiger partial charge on any atom is 0.274 e. The number of pyridine rings is 1. The Hall–Kier alpha value is -3.62. The van der Waals surface area contributed by atoms with Crippen molar-refractivity contribution in [1.29, 1.82) is 0 Å². The number of nitrogens with one attached hydrogen (secondary N) is 1. The third-order valence-corrected chi connectivity index (χ3v) is 6.52. The van der Waals surface area contributed by atoms with Gasteiger partial charge in [0.2, 0.25) is 0 Å². The third kappa shape index (κ3) is 4.76. The van der Waals surface area contributed by atoms with Crippen molar-refractivity contribution in [2.45, 2.75) is 18.9 Å². The number of fused-ring (bicyclic) bond motifs is 1. The Morgan fingerprint density at radius 1 is 1.06 bits per heavy atom. The number of amides is 2. The second-order valence-electron chi connectivity index (χ2n) is 7.76. The Morgan fingerprint density at radius 3 is 2.61 bits per heavy atom. The molecular weight excluding hydrogens is 436 g/mol. The van der Waals surface area contributed by atoms with Gasteiger partial charge < -0.3 is 10.1 Å². The summed E-state index contributed by atoms with van der Waals surface area (Å²) in [5.41, 5.74) is 2.31. The zero-order valence-corrected chi connectivity index (χ0v) is 18.6. The Balaban J connectivity index is 1.37. The highest BCUT2D eigenvalue weighted by Crippen LogP contribution is 2.31. The topological polar surface area (TPSA) is 84.4 Å². The Labute approximate surface area is 195 Å². The number of aromatic nitrogens is 2. The normalized spacial score (nSPS) is 15.5. The molecule has 0 bridgehead atoms. The van der Waals surface area contributed by atoms with Gasteiger partial charge in [-0.1, -0.05) is 29.5 Å². The molecule has 166 valence electrons. The largest absolute Gasteiger partial charge is 0.376 e. The first-order valence-electron chi connectivity index (χ1n) is 10.8. The van der Waals surface area contributed by atoms with Crippen molar-refractivity contribution in [2.75, 3.05) is 23.4 Å². The molecule has 1 N–H and O–H groups in total. The lowest BCUT2D eigenvalue weighted by Crippen LogP contribution is -2.37. The van der Waals surface area contributed by atoms with Crippen molar-refractivity contribution < 1.29 is 14.3 Å². The number of para-hydroxylation sites is 1. The molecule has 0 aliphatic carbocycles. The fraction of sp³-hybridized carbons (Fsp3) is 0.200. The Kier molecular flexibility index (Phi) is 6.10. The maximum atomic E-state index is 13.5. The van der Waals surface area contributed by atoms with Crippen LogP contribution in [0.25, 0.3) is 10.2 Å². The van der Waals surface area contributed by atoms with E-state index in [2.05, 4.69) is 10.3 Å². The fourth-order valence-corrected chi connectivity index (χ4v) is 4.73. The predicted octanol–water partition coefficient (Wildman–Crippen LogP) is 4.77. The average molecular weight is 459 g/mol. The molecule has 1 atom stereocenters. The summed E-state index contributed by atoms with van der Waals surface area (Å²) in [6.45, 7) is 1.17. The summed E-state index contributed by atoms with van der Waals surface area (Å²) in [7, 11) is 0. The molecule has 1 aliphatic heterocycles. The van der Waals surface area contributed by atoms with Crippen LogP contribution < -0.4 is 10.2 Å². The number of carbonyl (C=O) groups excluding carboxylic acids is 2. The summed E-state index contributed by atoms with van der Waals surface area (Å²) >= 11 is 1.50. The average Bonchev–Trinajstić information content (AvgIpc) is 3.53. The number of thiazole rings is 1. The molecule has 2 aromatic heterocycles. The molecule has 2 aromatic carbocycles. The Bertz CT molecular complexity index is 1230. The van der Waals surface area contributed by atoms with Crippen LogP contribution in [0.3, 0.4) is 0 Å². The number of benzene rings is 2. The van der Waals surface area contributed by atoms with E-state index in [1.165, 1.54) is 11.3 Å². The molecular formula is C25H22N4O3S. The lowest BCUT2D eigenvalue weighted by atomic mass is 10.1. The monoisotopic (exact) mass is 458 g/mol. The van der Waals surface area contributed by atoms with Crippen molar-refractivity contribution in [3.8, 4) is 0 Å². The molecule has 5 rings (SSSR count). The van der Waals surface area contributed by atoms with Gasteiger partial charge in [-0.05, 0) is 61.4 Å². The molecule has 3 heterocycles. The summed E-state index contributed by atoms with van der Waals surface area (Å²) in [4.78, 5) is 36.3. The van der Waals surface area contributed by atoms with E-state index >= 15 is 0 Å². The molecule has 0 spiro atoms. The lowest BCUT2D eigenvalue weighted by Gasteiger charge is -2.23. The van der Waals surface area contributed by atoms with E-state index in [0.717, 1.165) is 29.7 Å². The number of hydrogen-bond acceptors (Lipinski definition) is 6. The van der Waals surface area contributed by atoms with Gasteiger partial charge in [-0.3, -0.25) is 19.5 Å². The molecule has 33 heavy (non-hydrogen) atoms. The van der Waals surface area contributed by atoms with Crippen LogP contribution in [0.1, 0.15) is 33.7 Å². The van der Waals surface area contributed by atoms with Crippen molar-refractivity contribution in [2.24, 2.45) is 0 Å². The van der Waals surface area contributed by atoms with Crippen LogP contribution in [0, 0.1) is 0 Å². The number of ether oxygens (including phenoxy) is 1. The second kappa shape index (κ2) is 9.48. The number of rotatable bonds is 6. The van der Waals surface area contributed by atoms with E-state index in [-0.39, 0.29) is 17.9 Å².